The summed E-state index contributed by atoms with van der Waals surface area (Å²) in [5.74, 6) is 0. The van der Waals surface area contributed by atoms with Crippen LogP contribution in [0.3, 0.4) is 0 Å². The van der Waals surface area contributed by atoms with Gasteiger partial charge in [0.15, 0.2) is 0 Å². The van der Waals surface area contributed by atoms with Crippen molar-refractivity contribution in [3.05, 3.63) is 29.3 Å². The number of hydrogen-bond donors (Lipinski definition) is 3. The lowest BCUT2D eigenvalue weighted by Gasteiger charge is -2.14. The molecule has 1 heterocycles. The molecule has 0 unspecified atom stereocenters. The van der Waals surface area contributed by atoms with E-state index in [0.29, 0.717) is 36.9 Å². The molecule has 102 valence electrons. The third kappa shape index (κ3) is 4.03. The Morgan fingerprint density at radius 1 is 1.37 bits per heavy atom. The van der Waals surface area contributed by atoms with E-state index in [9.17, 15) is 9.59 Å². The van der Waals surface area contributed by atoms with Gasteiger partial charge in [0.25, 0.3) is 0 Å². The molecule has 1 saturated heterocycles. The van der Waals surface area contributed by atoms with Gasteiger partial charge in [-0.1, -0.05) is 11.6 Å². The van der Waals surface area contributed by atoms with Gasteiger partial charge >= 0.3 is 12.1 Å². The summed E-state index contributed by atoms with van der Waals surface area (Å²) < 4.78 is 0. The Morgan fingerprint density at radius 2 is 2.11 bits per heavy atom. The van der Waals surface area contributed by atoms with E-state index in [2.05, 4.69) is 16.0 Å². The molecule has 1 aromatic carbocycles. The number of carbonyl (C=O) groups excluding carboxylic acids is 2. The summed E-state index contributed by atoms with van der Waals surface area (Å²) in [6, 6.07) is 6.45. The van der Waals surface area contributed by atoms with Gasteiger partial charge in [0.05, 0.1) is 0 Å². The number of rotatable bonds is 4. The molecular weight excluding hydrogens is 268 g/mol. The fourth-order valence-corrected chi connectivity index (χ4v) is 1.86. The van der Waals surface area contributed by atoms with Gasteiger partial charge in [-0.15, -0.1) is 0 Å². The average Bonchev–Trinajstić information content (AvgIpc) is 2.78. The SMILES string of the molecule is O=C(NCCN1CCNC1=O)Nc1ccc(Cl)cc1. The Morgan fingerprint density at radius 3 is 2.74 bits per heavy atom. The van der Waals surface area contributed by atoms with Gasteiger partial charge in [-0.2, -0.15) is 0 Å². The third-order valence-corrected chi connectivity index (χ3v) is 2.97. The molecule has 1 aromatic rings. The Hall–Kier alpha value is -1.95. The number of hydrogen-bond acceptors (Lipinski definition) is 2. The topological polar surface area (TPSA) is 73.5 Å². The van der Waals surface area contributed by atoms with Crippen LogP contribution in [0.2, 0.25) is 5.02 Å². The highest BCUT2D eigenvalue weighted by molar-refractivity contribution is 6.30. The molecule has 2 rings (SSSR count). The Balaban J connectivity index is 1.69. The van der Waals surface area contributed by atoms with Crippen molar-refractivity contribution in [2.75, 3.05) is 31.5 Å². The molecular formula is C12H15ClN4O2. The number of amides is 4. The van der Waals surface area contributed by atoms with Gasteiger partial charge in [0, 0.05) is 36.9 Å². The number of nitrogens with one attached hydrogen (secondary N) is 3. The van der Waals surface area contributed by atoms with Crippen LogP contribution in [0, 0.1) is 0 Å². The summed E-state index contributed by atoms with van der Waals surface area (Å²) in [7, 11) is 0. The van der Waals surface area contributed by atoms with E-state index in [1.807, 2.05) is 0 Å². The first kappa shape index (κ1) is 13.5. The molecule has 0 saturated carbocycles. The maximum Gasteiger partial charge on any atom is 0.319 e. The van der Waals surface area contributed by atoms with Crippen molar-refractivity contribution in [2.45, 2.75) is 0 Å². The average molecular weight is 283 g/mol. The molecule has 0 spiro atoms. The van der Waals surface area contributed by atoms with Crippen molar-refractivity contribution in [1.82, 2.24) is 15.5 Å². The summed E-state index contributed by atoms with van der Waals surface area (Å²) in [6.45, 7) is 2.25. The van der Waals surface area contributed by atoms with E-state index in [-0.39, 0.29) is 12.1 Å². The first-order valence-electron chi connectivity index (χ1n) is 5.98. The summed E-state index contributed by atoms with van der Waals surface area (Å²) in [6.07, 6.45) is 0. The maximum absolute atomic E-state index is 11.6. The molecule has 1 aliphatic rings. The van der Waals surface area contributed by atoms with Crippen molar-refractivity contribution in [2.24, 2.45) is 0 Å². The van der Waals surface area contributed by atoms with Crippen molar-refractivity contribution >= 4 is 29.4 Å². The minimum atomic E-state index is -0.304. The normalized spacial score (nSPS) is 14.2. The largest absolute Gasteiger partial charge is 0.336 e. The predicted octanol–water partition coefficient (Wildman–Crippen LogP) is 1.49. The second kappa shape index (κ2) is 6.29. The van der Waals surface area contributed by atoms with Gasteiger partial charge in [-0.3, -0.25) is 0 Å². The number of halogens is 1. The minimum absolute atomic E-state index is 0.0834. The fraction of sp³-hybridized carbons (Fsp3) is 0.333. The van der Waals surface area contributed by atoms with E-state index in [4.69, 9.17) is 11.6 Å². The summed E-state index contributed by atoms with van der Waals surface area (Å²) in [5.41, 5.74) is 0.667. The van der Waals surface area contributed by atoms with Gasteiger partial charge < -0.3 is 20.9 Å². The first-order valence-corrected chi connectivity index (χ1v) is 6.36. The lowest BCUT2D eigenvalue weighted by molar-refractivity contribution is 0.216. The summed E-state index contributed by atoms with van der Waals surface area (Å²) in [4.78, 5) is 24.5. The van der Waals surface area contributed by atoms with E-state index in [1.54, 1.807) is 29.2 Å². The van der Waals surface area contributed by atoms with Crippen LogP contribution in [-0.2, 0) is 0 Å². The van der Waals surface area contributed by atoms with E-state index in [1.165, 1.54) is 0 Å². The lowest BCUT2D eigenvalue weighted by atomic mass is 10.3. The van der Waals surface area contributed by atoms with Crippen molar-refractivity contribution < 1.29 is 9.59 Å². The van der Waals surface area contributed by atoms with Crippen LogP contribution in [0.15, 0.2) is 24.3 Å². The fourth-order valence-electron chi connectivity index (χ4n) is 1.74. The monoisotopic (exact) mass is 282 g/mol. The smallest absolute Gasteiger partial charge is 0.319 e. The Labute approximate surface area is 116 Å². The molecule has 1 aliphatic heterocycles. The van der Waals surface area contributed by atoms with Crippen LogP contribution in [0.1, 0.15) is 0 Å². The van der Waals surface area contributed by atoms with Crippen LogP contribution < -0.4 is 16.0 Å². The van der Waals surface area contributed by atoms with E-state index < -0.39 is 0 Å². The number of anilines is 1. The second-order valence-electron chi connectivity index (χ2n) is 4.11. The Bertz CT molecular complexity index is 463. The van der Waals surface area contributed by atoms with E-state index in [0.717, 1.165) is 0 Å². The molecule has 0 bridgehead atoms. The molecule has 0 aromatic heterocycles. The zero-order chi connectivity index (χ0) is 13.7. The maximum atomic E-state index is 11.6. The molecule has 7 heteroatoms. The first-order chi connectivity index (χ1) is 9.15. The number of urea groups is 2. The zero-order valence-electron chi connectivity index (χ0n) is 10.3. The van der Waals surface area contributed by atoms with Gasteiger partial charge in [-0.05, 0) is 24.3 Å². The summed E-state index contributed by atoms with van der Waals surface area (Å²) in [5, 5.41) is 8.68. The van der Waals surface area contributed by atoms with Crippen LogP contribution in [0.4, 0.5) is 15.3 Å². The predicted molar refractivity (Wildman–Crippen MR) is 73.4 cm³/mol. The van der Waals surface area contributed by atoms with E-state index >= 15 is 0 Å². The standard InChI is InChI=1S/C12H15ClN4O2/c13-9-1-3-10(4-2-9)16-11(18)14-5-7-17-8-6-15-12(17)19/h1-4H,5-8H2,(H,15,19)(H2,14,16,18). The highest BCUT2D eigenvalue weighted by Crippen LogP contribution is 2.12. The Kier molecular flexibility index (Phi) is 4.46. The molecule has 4 amide bonds. The number of nitrogens with zero attached hydrogens (tertiary/aromatic N) is 1. The third-order valence-electron chi connectivity index (χ3n) is 2.71. The van der Waals surface area contributed by atoms with Gasteiger partial charge in [0.1, 0.15) is 0 Å². The molecule has 0 radical (unpaired) electrons. The van der Waals surface area contributed by atoms with Crippen molar-refractivity contribution in [3.8, 4) is 0 Å². The quantitative estimate of drug-likeness (QED) is 0.783. The second-order valence-corrected chi connectivity index (χ2v) is 4.54. The number of benzene rings is 1. The highest BCUT2D eigenvalue weighted by Gasteiger charge is 2.18. The lowest BCUT2D eigenvalue weighted by Crippen LogP contribution is -2.38. The minimum Gasteiger partial charge on any atom is -0.336 e. The molecule has 3 N–H and O–H groups in total. The van der Waals surface area contributed by atoms with Crippen molar-refractivity contribution in [3.63, 3.8) is 0 Å². The summed E-state index contributed by atoms with van der Waals surface area (Å²) >= 11 is 5.75. The molecule has 1 fully saturated rings. The van der Waals surface area contributed by atoms with Crippen LogP contribution in [0.5, 0.6) is 0 Å². The van der Waals surface area contributed by atoms with Crippen LogP contribution in [0.25, 0.3) is 0 Å². The number of carbonyl (C=O) groups is 2. The molecule has 6 nitrogen and oxygen atoms in total. The molecule has 19 heavy (non-hydrogen) atoms. The zero-order valence-corrected chi connectivity index (χ0v) is 11.0. The molecule has 0 aliphatic carbocycles. The van der Waals surface area contributed by atoms with Gasteiger partial charge in [-0.25, -0.2) is 9.59 Å². The highest BCUT2D eigenvalue weighted by atomic mass is 35.5. The van der Waals surface area contributed by atoms with Gasteiger partial charge in [0.2, 0.25) is 0 Å². The molecule has 0 atom stereocenters. The van der Waals surface area contributed by atoms with Crippen molar-refractivity contribution in [1.29, 1.82) is 0 Å². The van der Waals surface area contributed by atoms with Crippen LogP contribution >= 0.6 is 11.6 Å². The van der Waals surface area contributed by atoms with Crippen LogP contribution in [-0.4, -0.2) is 43.1 Å².